The SMILES string of the molecule is CC(C)C(=O)CNC(=O)CNC(=O)CCC(=O)NCCCOCCOCCOCCCNOI. The Balaban J connectivity index is 3.45. The molecule has 0 fully saturated rings. The third-order valence-corrected chi connectivity index (χ3v) is 4.59. The highest BCUT2D eigenvalue weighted by Gasteiger charge is 2.11. The summed E-state index contributed by atoms with van der Waals surface area (Å²) in [4.78, 5) is 46.5. The zero-order chi connectivity index (χ0) is 25.4. The van der Waals surface area contributed by atoms with Crippen LogP contribution in [0.15, 0.2) is 0 Å². The van der Waals surface area contributed by atoms with Crippen LogP contribution < -0.4 is 21.4 Å². The Labute approximate surface area is 215 Å². The fourth-order valence-corrected chi connectivity index (χ4v) is 2.48. The Morgan fingerprint density at radius 2 is 1.18 bits per heavy atom. The summed E-state index contributed by atoms with van der Waals surface area (Å²) in [5, 5.41) is 7.58. The third kappa shape index (κ3) is 22.4. The van der Waals surface area contributed by atoms with Crippen LogP contribution in [0.5, 0.6) is 0 Å². The maximum atomic E-state index is 11.8. The largest absolute Gasteiger partial charge is 0.379 e. The van der Waals surface area contributed by atoms with Gasteiger partial charge < -0.3 is 30.2 Å². The smallest absolute Gasteiger partial charge is 0.239 e. The molecule has 0 rings (SSSR count). The lowest BCUT2D eigenvalue weighted by Gasteiger charge is -2.09. The molecular weight excluding hydrogens is 563 g/mol. The van der Waals surface area contributed by atoms with Crippen LogP contribution in [0.4, 0.5) is 0 Å². The molecule has 0 heterocycles. The normalized spacial score (nSPS) is 10.8. The van der Waals surface area contributed by atoms with Gasteiger partial charge in [-0.15, -0.1) is 0 Å². The first-order valence-electron chi connectivity index (χ1n) is 11.4. The van der Waals surface area contributed by atoms with Gasteiger partial charge in [-0.1, -0.05) is 13.8 Å². The molecule has 34 heavy (non-hydrogen) atoms. The van der Waals surface area contributed by atoms with Crippen molar-refractivity contribution in [3.63, 3.8) is 0 Å². The molecule has 0 aromatic heterocycles. The van der Waals surface area contributed by atoms with Crippen LogP contribution >= 0.6 is 23.0 Å². The summed E-state index contributed by atoms with van der Waals surface area (Å²) in [6, 6.07) is 0. The molecule has 13 heteroatoms. The summed E-state index contributed by atoms with van der Waals surface area (Å²) in [6.45, 7) is 7.47. The van der Waals surface area contributed by atoms with Gasteiger partial charge in [0.2, 0.25) is 17.7 Å². The minimum Gasteiger partial charge on any atom is -0.379 e. The number of rotatable bonds is 23. The van der Waals surface area contributed by atoms with Crippen LogP contribution in [-0.2, 0) is 36.6 Å². The van der Waals surface area contributed by atoms with E-state index in [1.54, 1.807) is 36.9 Å². The molecule has 0 saturated heterocycles. The van der Waals surface area contributed by atoms with Gasteiger partial charge in [0, 0.05) is 45.1 Å². The van der Waals surface area contributed by atoms with E-state index in [-0.39, 0.29) is 43.5 Å². The number of ether oxygens (including phenoxy) is 3. The van der Waals surface area contributed by atoms with Crippen molar-refractivity contribution in [1.82, 2.24) is 21.4 Å². The Morgan fingerprint density at radius 1 is 0.676 bits per heavy atom. The number of ketones is 1. The molecule has 0 spiro atoms. The summed E-state index contributed by atoms with van der Waals surface area (Å²) >= 11 is 1.77. The van der Waals surface area contributed by atoms with Crippen molar-refractivity contribution in [3.8, 4) is 0 Å². The van der Waals surface area contributed by atoms with E-state index in [1.807, 2.05) is 0 Å². The van der Waals surface area contributed by atoms with E-state index in [0.717, 1.165) is 13.0 Å². The average molecular weight is 602 g/mol. The van der Waals surface area contributed by atoms with E-state index in [9.17, 15) is 19.2 Å². The number of hydrogen-bond donors (Lipinski definition) is 4. The van der Waals surface area contributed by atoms with Crippen molar-refractivity contribution < 1.29 is 36.6 Å². The van der Waals surface area contributed by atoms with Crippen molar-refractivity contribution in [2.75, 3.05) is 65.8 Å². The van der Waals surface area contributed by atoms with Crippen LogP contribution in [0.25, 0.3) is 0 Å². The standard InChI is InChI=1S/C21H39IN4O8/c1-17(2)18(27)15-24-21(30)16-25-20(29)6-5-19(28)23-7-3-9-31-11-13-33-14-12-32-10-4-8-26-34-22/h17,26H,3-16H2,1-2H3,(H,23,28)(H,24,30)(H,25,29). The molecule has 198 valence electrons. The van der Waals surface area contributed by atoms with Gasteiger partial charge in [0.05, 0.1) is 39.5 Å². The fourth-order valence-electron chi connectivity index (χ4n) is 2.26. The number of amides is 3. The number of hydrogen-bond acceptors (Lipinski definition) is 9. The zero-order valence-corrected chi connectivity index (χ0v) is 22.3. The van der Waals surface area contributed by atoms with Crippen LogP contribution in [0.2, 0.25) is 0 Å². The lowest BCUT2D eigenvalue weighted by atomic mass is 10.1. The van der Waals surface area contributed by atoms with E-state index in [2.05, 4.69) is 24.6 Å². The number of Topliss-reactive ketones (excluding diaryl/α,β-unsaturated/α-hetero) is 1. The average Bonchev–Trinajstić information content (AvgIpc) is 2.82. The zero-order valence-electron chi connectivity index (χ0n) is 20.1. The maximum Gasteiger partial charge on any atom is 0.239 e. The van der Waals surface area contributed by atoms with Crippen LogP contribution in [0.1, 0.15) is 39.5 Å². The Hall–Kier alpha value is -1.39. The number of halogens is 1. The van der Waals surface area contributed by atoms with Gasteiger partial charge in [-0.3, -0.25) is 19.2 Å². The van der Waals surface area contributed by atoms with E-state index >= 15 is 0 Å². The van der Waals surface area contributed by atoms with Gasteiger partial charge in [-0.25, -0.2) is 3.17 Å². The van der Waals surface area contributed by atoms with Gasteiger partial charge in [-0.05, 0) is 12.8 Å². The molecule has 0 aromatic carbocycles. The number of carbonyl (C=O) groups excluding carboxylic acids is 4. The lowest BCUT2D eigenvalue weighted by Crippen LogP contribution is -2.40. The molecule has 0 atom stereocenters. The van der Waals surface area contributed by atoms with Crippen molar-refractivity contribution in [1.29, 1.82) is 0 Å². The van der Waals surface area contributed by atoms with Gasteiger partial charge >= 0.3 is 0 Å². The van der Waals surface area contributed by atoms with E-state index < -0.39 is 11.8 Å². The summed E-state index contributed by atoms with van der Waals surface area (Å²) < 4.78 is 20.9. The van der Waals surface area contributed by atoms with Gasteiger partial charge in [0.25, 0.3) is 0 Å². The first kappa shape index (κ1) is 32.6. The minimum absolute atomic E-state index is 0.0225. The summed E-state index contributed by atoms with van der Waals surface area (Å²) in [5.41, 5.74) is 2.72. The van der Waals surface area contributed by atoms with Gasteiger partial charge in [-0.2, -0.15) is 5.48 Å². The Kier molecular flexibility index (Phi) is 22.4. The first-order chi connectivity index (χ1) is 16.4. The second-order valence-corrected chi connectivity index (χ2v) is 7.98. The van der Waals surface area contributed by atoms with Crippen LogP contribution in [0.3, 0.4) is 0 Å². The van der Waals surface area contributed by atoms with E-state index in [0.29, 0.717) is 52.6 Å². The van der Waals surface area contributed by atoms with Gasteiger partial charge in [0.15, 0.2) is 5.78 Å². The maximum absolute atomic E-state index is 11.8. The van der Waals surface area contributed by atoms with E-state index in [1.165, 1.54) is 0 Å². The molecule has 0 bridgehead atoms. The summed E-state index contributed by atoms with van der Waals surface area (Å²) in [5.74, 6) is -1.35. The highest BCUT2D eigenvalue weighted by molar-refractivity contribution is 14.1. The topological polar surface area (TPSA) is 153 Å². The predicted octanol–water partition coefficient (Wildman–Crippen LogP) is 0.0415. The minimum atomic E-state index is -0.447. The lowest BCUT2D eigenvalue weighted by molar-refractivity contribution is -0.129. The van der Waals surface area contributed by atoms with Crippen molar-refractivity contribution in [3.05, 3.63) is 0 Å². The van der Waals surface area contributed by atoms with Gasteiger partial charge in [0.1, 0.15) is 23.0 Å². The summed E-state index contributed by atoms with van der Waals surface area (Å²) in [7, 11) is 0. The monoisotopic (exact) mass is 602 g/mol. The molecule has 0 unspecified atom stereocenters. The highest BCUT2D eigenvalue weighted by Crippen LogP contribution is 1.92. The molecule has 3 amide bonds. The third-order valence-electron chi connectivity index (χ3n) is 4.28. The van der Waals surface area contributed by atoms with Crippen LogP contribution in [-0.4, -0.2) is 89.3 Å². The molecule has 0 radical (unpaired) electrons. The second kappa shape index (κ2) is 23.4. The molecule has 0 aromatic rings. The Bertz CT molecular complexity index is 581. The number of nitrogens with one attached hydrogen (secondary N) is 4. The first-order valence-corrected chi connectivity index (χ1v) is 12.3. The van der Waals surface area contributed by atoms with Crippen molar-refractivity contribution in [2.45, 2.75) is 39.5 Å². The molecule has 12 nitrogen and oxygen atoms in total. The molecule has 0 aliphatic rings. The molecule has 0 aliphatic heterocycles. The molecule has 4 N–H and O–H groups in total. The number of hydroxylamine groups is 1. The van der Waals surface area contributed by atoms with E-state index in [4.69, 9.17) is 14.2 Å². The predicted molar refractivity (Wildman–Crippen MR) is 133 cm³/mol. The molecule has 0 aliphatic carbocycles. The molecule has 0 saturated carbocycles. The second-order valence-electron chi connectivity index (χ2n) is 7.54. The quantitative estimate of drug-likeness (QED) is 0.0722. The molecular formula is C21H39IN4O8. The fraction of sp³-hybridized carbons (Fsp3) is 0.810. The van der Waals surface area contributed by atoms with Crippen molar-refractivity contribution >= 4 is 46.5 Å². The van der Waals surface area contributed by atoms with Crippen molar-refractivity contribution in [2.24, 2.45) is 5.92 Å². The Morgan fingerprint density at radius 3 is 1.74 bits per heavy atom. The summed E-state index contributed by atoms with van der Waals surface area (Å²) in [6.07, 6.45) is 1.51. The highest BCUT2D eigenvalue weighted by atomic mass is 127. The van der Waals surface area contributed by atoms with Crippen LogP contribution in [0, 0.1) is 5.92 Å². The number of carbonyl (C=O) groups is 4.